The summed E-state index contributed by atoms with van der Waals surface area (Å²) in [4.78, 5) is 4.44. The maximum atomic E-state index is 5.84. The van der Waals surface area contributed by atoms with Crippen LogP contribution in [0.2, 0.25) is 0 Å². The minimum absolute atomic E-state index is 0.261. The maximum absolute atomic E-state index is 5.84. The summed E-state index contributed by atoms with van der Waals surface area (Å²) in [5, 5.41) is 16.1. The van der Waals surface area contributed by atoms with Gasteiger partial charge in [-0.15, -0.1) is 10.2 Å². The molecule has 4 rings (SSSR count). The molecule has 1 aliphatic rings. The number of nitrogens with one attached hydrogen (secondary N) is 1. The lowest BCUT2D eigenvalue weighted by atomic mass is 9.96. The molecule has 0 radical (unpaired) electrons. The number of hydrogen-bond donors (Lipinski definition) is 1. The minimum Gasteiger partial charge on any atom is -0.424 e. The third kappa shape index (κ3) is 3.39. The van der Waals surface area contributed by atoms with E-state index < -0.39 is 0 Å². The van der Waals surface area contributed by atoms with Gasteiger partial charge in [-0.25, -0.2) is 0 Å². The summed E-state index contributed by atoms with van der Waals surface area (Å²) in [7, 11) is 0. The molecule has 1 aliphatic carbocycles. The predicted octanol–water partition coefficient (Wildman–Crippen LogP) is 3.22. The number of rotatable bonds is 6. The lowest BCUT2D eigenvalue weighted by Gasteiger charge is -2.25. The van der Waals surface area contributed by atoms with E-state index in [0.717, 1.165) is 31.5 Å². The summed E-state index contributed by atoms with van der Waals surface area (Å²) < 4.78 is 11.0. The number of benzene rings is 1. The Balaban J connectivity index is 1.44. The highest BCUT2D eigenvalue weighted by atomic mass is 16.5. The van der Waals surface area contributed by atoms with Crippen LogP contribution in [0.1, 0.15) is 60.3 Å². The Morgan fingerprint density at radius 1 is 1.08 bits per heavy atom. The summed E-state index contributed by atoms with van der Waals surface area (Å²) in [6.07, 6.45) is 4.90. The van der Waals surface area contributed by atoms with E-state index in [1.54, 1.807) is 0 Å². The van der Waals surface area contributed by atoms with Gasteiger partial charge < -0.3 is 8.94 Å². The molecule has 3 aromatic rings. The van der Waals surface area contributed by atoms with Crippen molar-refractivity contribution < 1.29 is 8.94 Å². The van der Waals surface area contributed by atoms with Crippen LogP contribution in [0.25, 0.3) is 0 Å². The average molecular weight is 353 g/mol. The molecular weight excluding hydrogens is 330 g/mol. The van der Waals surface area contributed by atoms with Crippen LogP contribution in [0.5, 0.6) is 0 Å². The van der Waals surface area contributed by atoms with Gasteiger partial charge in [0, 0.05) is 6.92 Å². The molecule has 26 heavy (non-hydrogen) atoms. The van der Waals surface area contributed by atoms with Crippen molar-refractivity contribution >= 4 is 0 Å². The van der Waals surface area contributed by atoms with Gasteiger partial charge in [-0.3, -0.25) is 5.32 Å². The minimum atomic E-state index is -0.261. The fraction of sp³-hybridized carbons (Fsp3) is 0.474. The highest BCUT2D eigenvalue weighted by Gasteiger charge is 2.39. The van der Waals surface area contributed by atoms with Gasteiger partial charge in [0.2, 0.25) is 17.7 Å². The molecule has 2 heterocycles. The van der Waals surface area contributed by atoms with Gasteiger partial charge in [0.05, 0.1) is 18.5 Å². The molecule has 0 spiro atoms. The second-order valence-corrected chi connectivity index (χ2v) is 6.97. The van der Waals surface area contributed by atoms with E-state index in [9.17, 15) is 0 Å². The van der Waals surface area contributed by atoms with Crippen LogP contribution in [0.15, 0.2) is 33.2 Å². The van der Waals surface area contributed by atoms with E-state index in [2.05, 4.69) is 44.7 Å². The Kier molecular flexibility index (Phi) is 4.55. The molecule has 1 saturated carbocycles. The summed E-state index contributed by atoms with van der Waals surface area (Å²) in [5.41, 5.74) is 2.16. The summed E-state index contributed by atoms with van der Waals surface area (Å²) in [6, 6.07) is 8.23. The zero-order valence-corrected chi connectivity index (χ0v) is 15.2. The van der Waals surface area contributed by atoms with E-state index >= 15 is 0 Å². The lowest BCUT2D eigenvalue weighted by molar-refractivity contribution is 0.283. The number of aryl methyl sites for hydroxylation is 2. The van der Waals surface area contributed by atoms with Crippen LogP contribution in [0.4, 0.5) is 0 Å². The van der Waals surface area contributed by atoms with Crippen molar-refractivity contribution in [1.82, 2.24) is 25.7 Å². The van der Waals surface area contributed by atoms with Gasteiger partial charge in [0.1, 0.15) is 0 Å². The van der Waals surface area contributed by atoms with Crippen molar-refractivity contribution in [3.8, 4) is 0 Å². The van der Waals surface area contributed by atoms with Crippen molar-refractivity contribution in [1.29, 1.82) is 0 Å². The van der Waals surface area contributed by atoms with E-state index in [0.29, 0.717) is 30.6 Å². The first kappa shape index (κ1) is 16.9. The van der Waals surface area contributed by atoms with Gasteiger partial charge in [-0.1, -0.05) is 42.3 Å². The van der Waals surface area contributed by atoms with Gasteiger partial charge >= 0.3 is 0 Å². The zero-order valence-electron chi connectivity index (χ0n) is 15.2. The fourth-order valence-electron chi connectivity index (χ4n) is 3.60. The standard InChI is InChI=1S/C19H23N5O2/c1-13-7-3-4-8-15(13)11-16-22-23-17(25-16)12-20-19(9-5-6-10-19)18-21-14(2)26-24-18/h3-4,7-8,20H,5-6,9-12H2,1-2H3. The van der Waals surface area contributed by atoms with Gasteiger partial charge in [0.15, 0.2) is 5.82 Å². The van der Waals surface area contributed by atoms with E-state index in [1.807, 2.05) is 19.1 Å². The molecule has 7 nitrogen and oxygen atoms in total. The molecule has 136 valence electrons. The first-order chi connectivity index (χ1) is 12.6. The van der Waals surface area contributed by atoms with Crippen LogP contribution in [0.3, 0.4) is 0 Å². The van der Waals surface area contributed by atoms with Crippen LogP contribution < -0.4 is 5.32 Å². The molecule has 1 aromatic carbocycles. The second kappa shape index (κ2) is 6.99. The molecule has 0 saturated heterocycles. The lowest BCUT2D eigenvalue weighted by Crippen LogP contribution is -2.40. The Morgan fingerprint density at radius 3 is 2.58 bits per heavy atom. The predicted molar refractivity (Wildman–Crippen MR) is 94.3 cm³/mol. The van der Waals surface area contributed by atoms with Crippen molar-refractivity contribution in [2.24, 2.45) is 0 Å². The summed E-state index contributed by atoms with van der Waals surface area (Å²) >= 11 is 0. The molecule has 1 N–H and O–H groups in total. The van der Waals surface area contributed by atoms with Crippen molar-refractivity contribution in [2.45, 2.75) is 58.0 Å². The quantitative estimate of drug-likeness (QED) is 0.727. The van der Waals surface area contributed by atoms with Crippen LogP contribution in [-0.4, -0.2) is 20.3 Å². The maximum Gasteiger partial charge on any atom is 0.230 e. The number of hydrogen-bond acceptors (Lipinski definition) is 7. The Bertz CT molecular complexity index is 879. The molecule has 1 fully saturated rings. The van der Waals surface area contributed by atoms with Gasteiger partial charge in [-0.2, -0.15) is 4.98 Å². The second-order valence-electron chi connectivity index (χ2n) is 6.97. The topological polar surface area (TPSA) is 89.9 Å². The van der Waals surface area contributed by atoms with Crippen molar-refractivity contribution in [3.63, 3.8) is 0 Å². The van der Waals surface area contributed by atoms with E-state index in [4.69, 9.17) is 8.94 Å². The largest absolute Gasteiger partial charge is 0.424 e. The Labute approximate surface area is 152 Å². The summed E-state index contributed by atoms with van der Waals surface area (Å²) in [6.45, 7) is 4.40. The molecule has 0 aliphatic heterocycles. The number of aromatic nitrogens is 4. The number of nitrogens with zero attached hydrogens (tertiary/aromatic N) is 4. The van der Waals surface area contributed by atoms with Crippen LogP contribution in [0, 0.1) is 13.8 Å². The molecule has 0 bridgehead atoms. The zero-order chi connectivity index (χ0) is 18.0. The molecule has 0 atom stereocenters. The first-order valence-corrected chi connectivity index (χ1v) is 9.06. The normalized spacial score (nSPS) is 16.2. The molecule has 0 unspecified atom stereocenters. The highest BCUT2D eigenvalue weighted by Crippen LogP contribution is 2.37. The fourth-order valence-corrected chi connectivity index (χ4v) is 3.60. The smallest absolute Gasteiger partial charge is 0.230 e. The van der Waals surface area contributed by atoms with E-state index in [-0.39, 0.29) is 5.54 Å². The van der Waals surface area contributed by atoms with Crippen molar-refractivity contribution in [3.05, 3.63) is 58.9 Å². The average Bonchev–Trinajstić information content (AvgIpc) is 3.37. The third-order valence-corrected chi connectivity index (χ3v) is 5.10. The highest BCUT2D eigenvalue weighted by molar-refractivity contribution is 5.27. The summed E-state index contributed by atoms with van der Waals surface area (Å²) in [5.74, 6) is 2.53. The van der Waals surface area contributed by atoms with E-state index in [1.165, 1.54) is 11.1 Å². The molecule has 0 amide bonds. The monoisotopic (exact) mass is 353 g/mol. The van der Waals surface area contributed by atoms with Crippen LogP contribution >= 0.6 is 0 Å². The van der Waals surface area contributed by atoms with Gasteiger partial charge in [-0.05, 0) is 30.9 Å². The van der Waals surface area contributed by atoms with Gasteiger partial charge in [0.25, 0.3) is 0 Å². The Morgan fingerprint density at radius 2 is 1.85 bits per heavy atom. The van der Waals surface area contributed by atoms with Crippen LogP contribution in [-0.2, 0) is 18.5 Å². The molecule has 7 heteroatoms. The SMILES string of the molecule is Cc1nc(C2(NCc3nnc(Cc4ccccc4C)o3)CCCC2)no1. The van der Waals surface area contributed by atoms with Crippen molar-refractivity contribution in [2.75, 3.05) is 0 Å². The third-order valence-electron chi connectivity index (χ3n) is 5.10. The first-order valence-electron chi connectivity index (χ1n) is 9.06. The molecule has 2 aromatic heterocycles. The molecular formula is C19H23N5O2. The Hall–Kier alpha value is -2.54.